The predicted molar refractivity (Wildman–Crippen MR) is 104 cm³/mol. The fourth-order valence-electron chi connectivity index (χ4n) is 2.88. The molecule has 17 heteroatoms. The lowest BCUT2D eigenvalue weighted by Crippen LogP contribution is -2.41. The number of pyridine rings is 2. The molecule has 190 valence electrons. The molecule has 1 amide bonds. The second-order valence-corrected chi connectivity index (χ2v) is 9.21. The number of nitrogens with zero attached hydrogens (tertiary/aromatic N) is 4. The molecule has 3 rings (SSSR count). The Bertz CT molecular complexity index is 1430. The Balaban J connectivity index is 2.32. The highest BCUT2D eigenvalue weighted by Crippen LogP contribution is 2.36. The number of rotatable bonds is 3. The van der Waals surface area contributed by atoms with E-state index < -0.39 is 61.7 Å². The number of halogens is 9. The minimum absolute atomic E-state index is 0.188. The molecule has 7 nitrogen and oxygen atoms in total. The van der Waals surface area contributed by atoms with E-state index in [0.29, 0.717) is 17.6 Å². The van der Waals surface area contributed by atoms with Gasteiger partial charge in [-0.25, -0.2) is 14.2 Å². The third-order valence-corrected chi connectivity index (χ3v) is 6.71. The molecule has 0 aliphatic carbocycles. The highest BCUT2D eigenvalue weighted by atomic mass is 32.2. The molecule has 1 N–H and O–H groups in total. The van der Waals surface area contributed by atoms with E-state index in [4.69, 9.17) is 0 Å². The Hall–Kier alpha value is -3.37. The van der Waals surface area contributed by atoms with Gasteiger partial charge in [-0.05, 0) is 24.4 Å². The fraction of sp³-hybridized carbons (Fsp3) is 0.278. The lowest BCUT2D eigenvalue weighted by atomic mass is 10.2. The molecule has 0 aromatic carbocycles. The average Bonchev–Trinajstić information content (AvgIpc) is 3.07. The minimum Gasteiger partial charge on any atom is -0.310 e. The number of hydrogen-bond acceptors (Lipinski definition) is 5. The molecule has 0 aliphatic rings. The van der Waals surface area contributed by atoms with E-state index in [2.05, 4.69) is 15.0 Å². The van der Waals surface area contributed by atoms with Crippen molar-refractivity contribution in [2.45, 2.75) is 30.3 Å². The summed E-state index contributed by atoms with van der Waals surface area (Å²) in [5, 5.41) is 0.542. The number of carbonyl (C=O) groups is 1. The van der Waals surface area contributed by atoms with Crippen molar-refractivity contribution in [1.82, 2.24) is 24.2 Å². The Morgan fingerprint density at radius 1 is 0.971 bits per heavy atom. The van der Waals surface area contributed by atoms with Gasteiger partial charge in [0.1, 0.15) is 11.2 Å². The highest BCUT2D eigenvalue weighted by molar-refractivity contribution is 8.00. The normalized spacial score (nSPS) is 14.6. The van der Waals surface area contributed by atoms with Crippen LogP contribution in [0.3, 0.4) is 0 Å². The second-order valence-electron chi connectivity index (χ2n) is 6.89. The van der Waals surface area contributed by atoms with Gasteiger partial charge in [-0.3, -0.25) is 14.5 Å². The van der Waals surface area contributed by atoms with E-state index >= 15 is 0 Å². The van der Waals surface area contributed by atoms with Crippen LogP contribution in [-0.2, 0) is 33.9 Å². The maximum Gasteiger partial charge on any atom is 0.472 e. The molecule has 0 saturated heterocycles. The van der Waals surface area contributed by atoms with Gasteiger partial charge in [0.05, 0.1) is 25.7 Å². The number of alkyl halides is 9. The first-order chi connectivity index (χ1) is 15.9. The van der Waals surface area contributed by atoms with Crippen LogP contribution in [0.15, 0.2) is 29.4 Å². The number of imidazole rings is 1. The first-order valence-electron chi connectivity index (χ1n) is 9.08. The van der Waals surface area contributed by atoms with Crippen molar-refractivity contribution in [3.05, 3.63) is 35.7 Å². The molecule has 0 fully saturated rings. The lowest BCUT2D eigenvalue weighted by Gasteiger charge is -2.18. The van der Waals surface area contributed by atoms with E-state index in [1.54, 1.807) is 0 Å². The van der Waals surface area contributed by atoms with Crippen LogP contribution in [0.1, 0.15) is 18.1 Å². The van der Waals surface area contributed by atoms with Crippen molar-refractivity contribution >= 4 is 32.1 Å². The molecule has 0 aliphatic heterocycles. The van der Waals surface area contributed by atoms with Gasteiger partial charge in [0.25, 0.3) is 0 Å². The maximum atomic E-state index is 13.3. The van der Waals surface area contributed by atoms with Crippen LogP contribution >= 0.6 is 0 Å². The topological polar surface area (TPSA) is 89.8 Å². The zero-order valence-corrected chi connectivity index (χ0v) is 18.1. The first-order valence-corrected chi connectivity index (χ1v) is 10.7. The van der Waals surface area contributed by atoms with E-state index in [-0.39, 0.29) is 23.4 Å². The number of aromatic nitrogens is 4. The number of amides is 1. The smallest absolute Gasteiger partial charge is 0.310 e. The third kappa shape index (κ3) is 5.03. The largest absolute Gasteiger partial charge is 0.472 e. The summed E-state index contributed by atoms with van der Waals surface area (Å²) in [6.45, 7) is 0.926. The molecule has 1 atom stereocenters. The molecule has 0 saturated carbocycles. The van der Waals surface area contributed by atoms with Gasteiger partial charge in [0.15, 0.2) is 11.5 Å². The summed E-state index contributed by atoms with van der Waals surface area (Å²) >= 11 is 0. The van der Waals surface area contributed by atoms with Crippen LogP contribution < -0.4 is 4.72 Å². The molecule has 0 radical (unpaired) electrons. The Labute approximate surface area is 190 Å². The SMILES string of the molecule is CC=S(=O)(NC(=O)C(F)(F)F)c1cc(C(F)(F)F)cnc1-c1nc2cc(C(F)(F)F)cnc2n1C. The van der Waals surface area contributed by atoms with Gasteiger partial charge in [0.2, 0.25) is 0 Å². The Kier molecular flexibility index (Phi) is 6.29. The fourth-order valence-corrected chi connectivity index (χ4v) is 4.48. The third-order valence-electron chi connectivity index (χ3n) is 4.59. The number of carbonyl (C=O) groups excluding carboxylic acids is 1. The molecule has 35 heavy (non-hydrogen) atoms. The van der Waals surface area contributed by atoms with Crippen molar-refractivity contribution in [1.29, 1.82) is 0 Å². The van der Waals surface area contributed by atoms with Gasteiger partial charge >= 0.3 is 24.4 Å². The molecular formula is C18H12F9N5O2S. The Morgan fingerprint density at radius 2 is 1.51 bits per heavy atom. The monoisotopic (exact) mass is 533 g/mol. The standard InChI is InChI=1S/C18H12F9N5O2S/c1-3-35(34,31-15(33)18(25,26)27)11-5-9(17(22,23)24)6-28-12(11)14-30-10-4-8(16(19,20)21)7-29-13(10)32(14)2/h3-7H,1-2H3,(H,31,33,34). The van der Waals surface area contributed by atoms with E-state index in [1.165, 1.54) is 11.8 Å². The van der Waals surface area contributed by atoms with Gasteiger partial charge in [-0.15, -0.1) is 0 Å². The zero-order chi connectivity index (χ0) is 26.6. The summed E-state index contributed by atoms with van der Waals surface area (Å²) in [6, 6.07) is 0.805. The molecule has 0 bridgehead atoms. The van der Waals surface area contributed by atoms with E-state index in [9.17, 15) is 48.5 Å². The first kappa shape index (κ1) is 26.2. The summed E-state index contributed by atoms with van der Waals surface area (Å²) in [5.74, 6) is -3.17. The number of hydrogen-bond donors (Lipinski definition) is 1. The molecule has 3 aromatic heterocycles. The lowest BCUT2D eigenvalue weighted by molar-refractivity contribution is -0.171. The Morgan fingerprint density at radius 3 is 2.03 bits per heavy atom. The van der Waals surface area contributed by atoms with Crippen LogP contribution in [0.4, 0.5) is 39.5 Å². The summed E-state index contributed by atoms with van der Waals surface area (Å²) in [6.07, 6.45) is -14.7. The van der Waals surface area contributed by atoms with Crippen molar-refractivity contribution in [2.75, 3.05) is 0 Å². The van der Waals surface area contributed by atoms with Crippen molar-refractivity contribution in [3.8, 4) is 11.5 Å². The van der Waals surface area contributed by atoms with Gasteiger partial charge in [-0.2, -0.15) is 39.5 Å². The minimum atomic E-state index is -5.53. The number of aryl methyl sites for hydroxylation is 1. The molecular weight excluding hydrogens is 521 g/mol. The van der Waals surface area contributed by atoms with E-state index in [0.717, 1.165) is 11.5 Å². The summed E-state index contributed by atoms with van der Waals surface area (Å²) in [5.41, 5.74) is -3.96. The van der Waals surface area contributed by atoms with Crippen LogP contribution in [-0.4, -0.2) is 41.2 Å². The summed E-state index contributed by atoms with van der Waals surface area (Å²) < 4.78 is 133. The highest BCUT2D eigenvalue weighted by Gasteiger charge is 2.41. The quantitative estimate of drug-likeness (QED) is 0.404. The van der Waals surface area contributed by atoms with Crippen molar-refractivity contribution in [3.63, 3.8) is 0 Å². The van der Waals surface area contributed by atoms with Crippen LogP contribution in [0.5, 0.6) is 0 Å². The van der Waals surface area contributed by atoms with Crippen LogP contribution in [0, 0.1) is 0 Å². The zero-order valence-electron chi connectivity index (χ0n) is 17.3. The predicted octanol–water partition coefficient (Wildman–Crippen LogP) is 4.13. The second kappa shape index (κ2) is 8.39. The number of nitrogens with one attached hydrogen (secondary N) is 1. The van der Waals surface area contributed by atoms with E-state index in [1.807, 2.05) is 0 Å². The summed E-state index contributed by atoms with van der Waals surface area (Å²) in [7, 11) is -3.30. The van der Waals surface area contributed by atoms with Gasteiger partial charge < -0.3 is 4.57 Å². The van der Waals surface area contributed by atoms with Crippen molar-refractivity contribution in [2.24, 2.45) is 7.05 Å². The molecule has 3 heterocycles. The molecule has 0 spiro atoms. The van der Waals surface area contributed by atoms with Crippen molar-refractivity contribution < 1.29 is 48.5 Å². The van der Waals surface area contributed by atoms with Gasteiger partial charge in [0, 0.05) is 19.4 Å². The average molecular weight is 533 g/mol. The van der Waals surface area contributed by atoms with Crippen LogP contribution in [0.2, 0.25) is 0 Å². The summed E-state index contributed by atoms with van der Waals surface area (Å²) in [4.78, 5) is 21.5. The molecule has 3 aromatic rings. The molecule has 1 unspecified atom stereocenters. The number of fused-ring (bicyclic) bond motifs is 1. The maximum absolute atomic E-state index is 13.3. The van der Waals surface area contributed by atoms with Gasteiger partial charge in [-0.1, -0.05) is 0 Å². The van der Waals surface area contributed by atoms with Crippen LogP contribution in [0.25, 0.3) is 22.7 Å².